The highest BCUT2D eigenvalue weighted by Crippen LogP contribution is 2.09. The van der Waals surface area contributed by atoms with Crippen LogP contribution in [0.1, 0.15) is 16.8 Å². The predicted molar refractivity (Wildman–Crippen MR) is 120 cm³/mol. The largest absolute Gasteiger partial charge is 0.265 e. The zero-order valence-corrected chi connectivity index (χ0v) is 16.0. The van der Waals surface area contributed by atoms with Gasteiger partial charge < -0.3 is 0 Å². The Morgan fingerprint density at radius 3 is 1.86 bits per heavy atom. The SMILES string of the molecule is Cc1nnc(N/N=C/C=C/c2ccccc2)nc1N/N=C/C=C\c1ccccc1. The highest BCUT2D eigenvalue weighted by molar-refractivity contribution is 5.79. The van der Waals surface area contributed by atoms with Crippen LogP contribution >= 0.6 is 0 Å². The van der Waals surface area contributed by atoms with Gasteiger partial charge in [-0.3, -0.25) is 5.43 Å². The summed E-state index contributed by atoms with van der Waals surface area (Å²) in [4.78, 5) is 4.31. The van der Waals surface area contributed by atoms with Crippen LogP contribution in [0.2, 0.25) is 0 Å². The van der Waals surface area contributed by atoms with Crippen molar-refractivity contribution in [3.63, 3.8) is 0 Å². The van der Waals surface area contributed by atoms with Crippen LogP contribution in [-0.2, 0) is 0 Å². The second-order valence-corrected chi connectivity index (χ2v) is 5.89. The molecule has 2 aromatic carbocycles. The highest BCUT2D eigenvalue weighted by atomic mass is 15.4. The summed E-state index contributed by atoms with van der Waals surface area (Å²) in [5.74, 6) is 0.777. The minimum absolute atomic E-state index is 0.275. The van der Waals surface area contributed by atoms with Gasteiger partial charge in [0.1, 0.15) is 5.69 Å². The van der Waals surface area contributed by atoms with Crippen LogP contribution in [0.4, 0.5) is 11.8 Å². The fourth-order valence-corrected chi connectivity index (χ4v) is 2.25. The third kappa shape index (κ3) is 6.84. The van der Waals surface area contributed by atoms with Gasteiger partial charge in [-0.05, 0) is 30.2 Å². The van der Waals surface area contributed by atoms with Crippen molar-refractivity contribution in [3.05, 3.63) is 89.6 Å². The molecule has 0 saturated carbocycles. The maximum absolute atomic E-state index is 4.31. The zero-order chi connectivity index (χ0) is 20.2. The number of nitrogens with one attached hydrogen (secondary N) is 2. The van der Waals surface area contributed by atoms with Crippen LogP contribution in [0.3, 0.4) is 0 Å². The van der Waals surface area contributed by atoms with E-state index in [0.717, 1.165) is 11.1 Å². The summed E-state index contributed by atoms with van der Waals surface area (Å²) in [7, 11) is 0. The molecule has 0 aliphatic heterocycles. The molecule has 0 unspecified atom stereocenters. The molecule has 1 heterocycles. The smallest absolute Gasteiger partial charge is 0.260 e. The molecule has 7 heteroatoms. The van der Waals surface area contributed by atoms with Gasteiger partial charge >= 0.3 is 0 Å². The zero-order valence-electron chi connectivity index (χ0n) is 16.0. The van der Waals surface area contributed by atoms with Crippen LogP contribution in [0.5, 0.6) is 0 Å². The van der Waals surface area contributed by atoms with Gasteiger partial charge in [0.15, 0.2) is 5.82 Å². The molecule has 2 N–H and O–H groups in total. The molecule has 29 heavy (non-hydrogen) atoms. The van der Waals surface area contributed by atoms with E-state index in [2.05, 4.69) is 36.2 Å². The molecule has 144 valence electrons. The normalized spacial score (nSPS) is 11.8. The Hall–Kier alpha value is -4.13. The number of hydrogen-bond acceptors (Lipinski definition) is 7. The van der Waals surface area contributed by atoms with Crippen LogP contribution in [0.15, 0.2) is 83.0 Å². The number of benzene rings is 2. The first-order valence-electron chi connectivity index (χ1n) is 9.04. The minimum atomic E-state index is 0.275. The van der Waals surface area contributed by atoms with E-state index in [0.29, 0.717) is 11.5 Å². The number of hydrazone groups is 2. The number of allylic oxidation sites excluding steroid dienone is 2. The van der Waals surface area contributed by atoms with Crippen molar-refractivity contribution < 1.29 is 0 Å². The Morgan fingerprint density at radius 2 is 1.28 bits per heavy atom. The van der Waals surface area contributed by atoms with E-state index in [1.807, 2.05) is 85.0 Å². The molecular weight excluding hydrogens is 362 g/mol. The van der Waals surface area contributed by atoms with Gasteiger partial charge in [-0.25, -0.2) is 5.43 Å². The second kappa shape index (κ2) is 10.9. The third-order valence-corrected chi connectivity index (χ3v) is 3.69. The molecular formula is C22H21N7. The lowest BCUT2D eigenvalue weighted by molar-refractivity contribution is 0.922. The first-order valence-corrected chi connectivity index (χ1v) is 9.04. The van der Waals surface area contributed by atoms with E-state index in [9.17, 15) is 0 Å². The summed E-state index contributed by atoms with van der Waals surface area (Å²) in [6.07, 6.45) is 10.8. The third-order valence-electron chi connectivity index (χ3n) is 3.69. The van der Waals surface area contributed by atoms with Gasteiger partial charge in [0.05, 0.1) is 0 Å². The second-order valence-electron chi connectivity index (χ2n) is 5.89. The Labute approximate surface area is 169 Å². The van der Waals surface area contributed by atoms with Crippen LogP contribution < -0.4 is 10.9 Å². The molecule has 0 fully saturated rings. The molecule has 0 aliphatic rings. The molecule has 1 aromatic heterocycles. The molecule has 0 amide bonds. The number of hydrogen-bond donors (Lipinski definition) is 2. The first kappa shape index (κ1) is 19.6. The van der Waals surface area contributed by atoms with Gasteiger partial charge in [0.25, 0.3) is 5.95 Å². The average molecular weight is 383 g/mol. The average Bonchev–Trinajstić information content (AvgIpc) is 2.76. The van der Waals surface area contributed by atoms with Crippen molar-refractivity contribution in [2.75, 3.05) is 10.9 Å². The van der Waals surface area contributed by atoms with Crippen LogP contribution in [0.25, 0.3) is 12.2 Å². The van der Waals surface area contributed by atoms with Crippen LogP contribution in [-0.4, -0.2) is 27.6 Å². The van der Waals surface area contributed by atoms with Crippen molar-refractivity contribution in [2.24, 2.45) is 10.2 Å². The van der Waals surface area contributed by atoms with Gasteiger partial charge in [0, 0.05) is 12.4 Å². The molecule has 0 atom stereocenters. The molecule has 0 bridgehead atoms. The summed E-state index contributed by atoms with van der Waals surface area (Å²) in [6, 6.07) is 19.9. The maximum atomic E-state index is 4.31. The molecule has 0 aliphatic carbocycles. The topological polar surface area (TPSA) is 87.5 Å². The van der Waals surface area contributed by atoms with Crippen molar-refractivity contribution in [1.82, 2.24) is 15.2 Å². The number of rotatable bonds is 8. The molecule has 0 saturated heterocycles. The van der Waals surface area contributed by atoms with Gasteiger partial charge in [-0.15, -0.1) is 10.2 Å². The maximum Gasteiger partial charge on any atom is 0.265 e. The molecule has 7 nitrogen and oxygen atoms in total. The standard InChI is InChI=1S/C22H21N7/c1-18-21(27-23-16-8-14-19-10-4-2-5-11-19)25-22(29-26-18)28-24-17-9-15-20-12-6-3-7-13-20/h2-17H,1H3,(H2,25,27,28,29)/b14-8-,15-9+,23-16+,24-17+. The lowest BCUT2D eigenvalue weighted by atomic mass is 10.2. The number of nitrogens with zero attached hydrogens (tertiary/aromatic N) is 5. The lowest BCUT2D eigenvalue weighted by Gasteiger charge is -2.03. The summed E-state index contributed by atoms with van der Waals surface area (Å²) in [5.41, 5.74) is 8.44. The van der Waals surface area contributed by atoms with Crippen molar-refractivity contribution >= 4 is 36.3 Å². The van der Waals surface area contributed by atoms with E-state index < -0.39 is 0 Å². The minimum Gasteiger partial charge on any atom is -0.260 e. The molecule has 3 aromatic rings. The van der Waals surface area contributed by atoms with E-state index in [-0.39, 0.29) is 5.95 Å². The quantitative estimate of drug-likeness (QED) is 0.445. The lowest BCUT2D eigenvalue weighted by Crippen LogP contribution is -2.04. The van der Waals surface area contributed by atoms with Gasteiger partial charge in [-0.1, -0.05) is 72.8 Å². The Morgan fingerprint density at radius 1 is 0.724 bits per heavy atom. The molecule has 0 spiro atoms. The molecule has 0 radical (unpaired) electrons. The van der Waals surface area contributed by atoms with E-state index in [1.54, 1.807) is 19.4 Å². The fourth-order valence-electron chi connectivity index (χ4n) is 2.25. The number of aromatic nitrogens is 3. The summed E-state index contributed by atoms with van der Waals surface area (Å²) >= 11 is 0. The summed E-state index contributed by atoms with van der Waals surface area (Å²) < 4.78 is 0. The number of aryl methyl sites for hydroxylation is 1. The Bertz CT molecular complexity index is 1010. The van der Waals surface area contributed by atoms with E-state index >= 15 is 0 Å². The monoisotopic (exact) mass is 383 g/mol. The van der Waals surface area contributed by atoms with Crippen molar-refractivity contribution in [1.29, 1.82) is 0 Å². The summed E-state index contributed by atoms with van der Waals surface area (Å²) in [5, 5.41) is 16.2. The molecule has 3 rings (SSSR count). The number of anilines is 2. The first-order chi connectivity index (χ1) is 14.3. The predicted octanol–water partition coefficient (Wildman–Crippen LogP) is 4.40. The van der Waals surface area contributed by atoms with E-state index in [1.165, 1.54) is 0 Å². The van der Waals surface area contributed by atoms with E-state index in [4.69, 9.17) is 0 Å². The Kier molecular flexibility index (Phi) is 7.37. The van der Waals surface area contributed by atoms with Crippen LogP contribution in [0, 0.1) is 6.92 Å². The highest BCUT2D eigenvalue weighted by Gasteiger charge is 2.03. The van der Waals surface area contributed by atoms with Gasteiger partial charge in [-0.2, -0.15) is 15.2 Å². The fraction of sp³-hybridized carbons (Fsp3) is 0.0455. The van der Waals surface area contributed by atoms with Crippen molar-refractivity contribution in [2.45, 2.75) is 6.92 Å². The Balaban J connectivity index is 1.52. The van der Waals surface area contributed by atoms with Crippen molar-refractivity contribution in [3.8, 4) is 0 Å². The summed E-state index contributed by atoms with van der Waals surface area (Å²) in [6.45, 7) is 1.80. The van der Waals surface area contributed by atoms with Gasteiger partial charge in [0.2, 0.25) is 0 Å².